The van der Waals surface area contributed by atoms with Crippen LogP contribution >= 0.6 is 0 Å². The summed E-state index contributed by atoms with van der Waals surface area (Å²) in [5.41, 5.74) is 1.60. The SMILES string of the molecule is CN(Cc1cccnc1)[C@@H]1CCN(C(=O)c2cccn2C)[C@@H](C(=O)O)C1. The van der Waals surface area contributed by atoms with Crippen LogP contribution in [0.15, 0.2) is 42.9 Å². The lowest BCUT2D eigenvalue weighted by molar-refractivity contribution is -0.144. The monoisotopic (exact) mass is 356 g/mol. The minimum Gasteiger partial charge on any atom is -0.480 e. The van der Waals surface area contributed by atoms with E-state index < -0.39 is 12.0 Å². The van der Waals surface area contributed by atoms with Crippen molar-refractivity contribution in [2.75, 3.05) is 13.6 Å². The minimum absolute atomic E-state index is 0.105. The standard InChI is InChI=1S/C19H24N4O3/c1-21-9-4-6-16(21)18(24)23-10-7-15(11-17(23)19(25)26)22(2)13-14-5-3-8-20-12-14/h3-6,8-9,12,15,17H,7,10-11,13H2,1-2H3,(H,25,26)/t15-,17-/m1/s1. The summed E-state index contributed by atoms with van der Waals surface area (Å²) in [6.45, 7) is 1.14. The molecule has 0 radical (unpaired) electrons. The Labute approximate surface area is 152 Å². The van der Waals surface area contributed by atoms with E-state index in [1.165, 1.54) is 4.90 Å². The lowest BCUT2D eigenvalue weighted by atomic mass is 9.95. The molecule has 2 aromatic rings. The Morgan fingerprint density at radius 2 is 2.15 bits per heavy atom. The first-order chi connectivity index (χ1) is 12.5. The molecule has 26 heavy (non-hydrogen) atoms. The van der Waals surface area contributed by atoms with Gasteiger partial charge in [-0.15, -0.1) is 0 Å². The van der Waals surface area contributed by atoms with E-state index in [2.05, 4.69) is 9.88 Å². The zero-order chi connectivity index (χ0) is 18.7. The van der Waals surface area contributed by atoms with Crippen LogP contribution in [0.25, 0.3) is 0 Å². The number of aliphatic carboxylic acids is 1. The minimum atomic E-state index is -0.952. The number of carbonyl (C=O) groups excluding carboxylic acids is 1. The lowest BCUT2D eigenvalue weighted by Gasteiger charge is -2.40. The number of pyridine rings is 1. The van der Waals surface area contributed by atoms with Gasteiger partial charge in [0.05, 0.1) is 0 Å². The molecule has 7 heteroatoms. The Hall–Kier alpha value is -2.67. The molecule has 7 nitrogen and oxygen atoms in total. The van der Waals surface area contributed by atoms with Crippen molar-refractivity contribution in [1.82, 2.24) is 19.4 Å². The summed E-state index contributed by atoms with van der Waals surface area (Å²) < 4.78 is 1.72. The van der Waals surface area contributed by atoms with Gasteiger partial charge < -0.3 is 14.6 Å². The van der Waals surface area contributed by atoms with E-state index in [0.717, 1.165) is 12.0 Å². The van der Waals surface area contributed by atoms with Gasteiger partial charge in [0.25, 0.3) is 5.91 Å². The number of aromatic nitrogens is 2. The van der Waals surface area contributed by atoms with Gasteiger partial charge in [0, 0.05) is 44.8 Å². The summed E-state index contributed by atoms with van der Waals surface area (Å²) in [7, 11) is 3.78. The molecule has 1 aliphatic rings. The maximum absolute atomic E-state index is 12.8. The van der Waals surface area contributed by atoms with E-state index in [9.17, 15) is 14.7 Å². The van der Waals surface area contributed by atoms with Gasteiger partial charge in [-0.05, 0) is 43.7 Å². The molecule has 1 aliphatic heterocycles. The molecule has 0 aliphatic carbocycles. The highest BCUT2D eigenvalue weighted by molar-refractivity contribution is 5.95. The maximum atomic E-state index is 12.8. The van der Waals surface area contributed by atoms with Crippen molar-refractivity contribution in [2.24, 2.45) is 7.05 Å². The second kappa shape index (κ2) is 7.70. The molecule has 1 amide bonds. The molecular formula is C19H24N4O3. The second-order valence-electron chi connectivity index (χ2n) is 6.81. The number of nitrogens with zero attached hydrogens (tertiary/aromatic N) is 4. The zero-order valence-electron chi connectivity index (χ0n) is 15.1. The number of carbonyl (C=O) groups is 2. The van der Waals surface area contributed by atoms with Crippen molar-refractivity contribution in [3.63, 3.8) is 0 Å². The van der Waals surface area contributed by atoms with Crippen LogP contribution in [0.2, 0.25) is 0 Å². The fourth-order valence-corrected chi connectivity index (χ4v) is 3.56. The van der Waals surface area contributed by atoms with E-state index >= 15 is 0 Å². The Morgan fingerprint density at radius 3 is 2.77 bits per heavy atom. The van der Waals surface area contributed by atoms with Crippen LogP contribution in [0.4, 0.5) is 0 Å². The normalized spacial score (nSPS) is 20.3. The molecule has 3 heterocycles. The van der Waals surface area contributed by atoms with Crippen LogP contribution in [0.5, 0.6) is 0 Å². The number of amides is 1. The van der Waals surface area contributed by atoms with Crippen LogP contribution in [-0.4, -0.2) is 62.0 Å². The summed E-state index contributed by atoms with van der Waals surface area (Å²) >= 11 is 0. The van der Waals surface area contributed by atoms with E-state index in [4.69, 9.17) is 0 Å². The molecule has 0 aromatic carbocycles. The second-order valence-corrected chi connectivity index (χ2v) is 6.81. The Morgan fingerprint density at radius 1 is 1.35 bits per heavy atom. The molecule has 1 saturated heterocycles. The van der Waals surface area contributed by atoms with Gasteiger partial charge in [-0.2, -0.15) is 0 Å². The third kappa shape index (κ3) is 3.77. The third-order valence-corrected chi connectivity index (χ3v) is 5.06. The average Bonchev–Trinajstić information content (AvgIpc) is 3.07. The fraction of sp³-hybridized carbons (Fsp3) is 0.421. The van der Waals surface area contributed by atoms with E-state index in [1.807, 2.05) is 25.4 Å². The number of hydrogen-bond donors (Lipinski definition) is 1. The number of hydrogen-bond acceptors (Lipinski definition) is 4. The molecule has 0 saturated carbocycles. The molecule has 2 aromatic heterocycles. The zero-order valence-corrected chi connectivity index (χ0v) is 15.1. The van der Waals surface area contributed by atoms with Crippen molar-refractivity contribution >= 4 is 11.9 Å². The highest BCUT2D eigenvalue weighted by Crippen LogP contribution is 2.24. The highest BCUT2D eigenvalue weighted by Gasteiger charge is 2.38. The molecule has 2 atom stereocenters. The van der Waals surface area contributed by atoms with Crippen molar-refractivity contribution in [2.45, 2.75) is 31.5 Å². The number of piperidine rings is 1. The van der Waals surface area contributed by atoms with Crippen LogP contribution in [0.3, 0.4) is 0 Å². The van der Waals surface area contributed by atoms with Crippen LogP contribution in [-0.2, 0) is 18.4 Å². The van der Waals surface area contributed by atoms with Gasteiger partial charge in [-0.3, -0.25) is 14.7 Å². The van der Waals surface area contributed by atoms with Gasteiger partial charge >= 0.3 is 5.97 Å². The van der Waals surface area contributed by atoms with Gasteiger partial charge in [0.1, 0.15) is 11.7 Å². The predicted octanol–water partition coefficient (Wildman–Crippen LogP) is 1.61. The molecule has 1 fully saturated rings. The topological polar surface area (TPSA) is 78.7 Å². The van der Waals surface area contributed by atoms with Crippen molar-refractivity contribution in [3.05, 3.63) is 54.1 Å². The van der Waals surface area contributed by atoms with E-state index in [-0.39, 0.29) is 11.9 Å². The van der Waals surface area contributed by atoms with Gasteiger partial charge in [-0.1, -0.05) is 6.07 Å². The number of aryl methyl sites for hydroxylation is 1. The quantitative estimate of drug-likeness (QED) is 0.881. The molecule has 0 unspecified atom stereocenters. The van der Waals surface area contributed by atoms with Crippen molar-refractivity contribution in [3.8, 4) is 0 Å². The fourth-order valence-electron chi connectivity index (χ4n) is 3.56. The summed E-state index contributed by atoms with van der Waals surface area (Å²) in [6, 6.07) is 6.71. The Bertz CT molecular complexity index is 774. The lowest BCUT2D eigenvalue weighted by Crippen LogP contribution is -2.54. The maximum Gasteiger partial charge on any atom is 0.326 e. The first kappa shape index (κ1) is 18.1. The van der Waals surface area contributed by atoms with Crippen molar-refractivity contribution in [1.29, 1.82) is 0 Å². The van der Waals surface area contributed by atoms with Crippen LogP contribution in [0, 0.1) is 0 Å². The molecule has 1 N–H and O–H groups in total. The van der Waals surface area contributed by atoms with E-state index in [0.29, 0.717) is 25.2 Å². The molecule has 0 spiro atoms. The summed E-state index contributed by atoms with van der Waals surface area (Å²) in [5, 5.41) is 9.68. The van der Waals surface area contributed by atoms with Crippen LogP contribution < -0.4 is 0 Å². The molecular weight excluding hydrogens is 332 g/mol. The molecule has 138 valence electrons. The van der Waals surface area contributed by atoms with Crippen LogP contribution in [0.1, 0.15) is 28.9 Å². The molecule has 0 bridgehead atoms. The number of likely N-dealkylation sites (tertiary alicyclic amines) is 1. The van der Waals surface area contributed by atoms with Crippen molar-refractivity contribution < 1.29 is 14.7 Å². The first-order valence-corrected chi connectivity index (χ1v) is 8.71. The summed E-state index contributed by atoms with van der Waals surface area (Å²) in [5.74, 6) is -1.18. The first-order valence-electron chi connectivity index (χ1n) is 8.71. The van der Waals surface area contributed by atoms with Gasteiger partial charge in [-0.25, -0.2) is 4.79 Å². The van der Waals surface area contributed by atoms with E-state index in [1.54, 1.807) is 36.1 Å². The summed E-state index contributed by atoms with van der Waals surface area (Å²) in [4.78, 5) is 32.4. The van der Waals surface area contributed by atoms with Gasteiger partial charge in [0.2, 0.25) is 0 Å². The number of rotatable bonds is 5. The Balaban J connectivity index is 1.71. The number of carboxylic acid groups (broad SMARTS) is 1. The highest BCUT2D eigenvalue weighted by atomic mass is 16.4. The summed E-state index contributed by atoms with van der Waals surface area (Å²) in [6.07, 6.45) is 6.51. The largest absolute Gasteiger partial charge is 0.480 e. The third-order valence-electron chi connectivity index (χ3n) is 5.06. The smallest absolute Gasteiger partial charge is 0.326 e. The average molecular weight is 356 g/mol. The Kier molecular flexibility index (Phi) is 5.37. The molecule has 3 rings (SSSR count). The predicted molar refractivity (Wildman–Crippen MR) is 96.6 cm³/mol. The van der Waals surface area contributed by atoms with Gasteiger partial charge in [0.15, 0.2) is 0 Å². The number of carboxylic acids is 1.